The van der Waals surface area contributed by atoms with E-state index < -0.39 is 54.0 Å². The minimum absolute atomic E-state index is 0.0641. The highest BCUT2D eigenvalue weighted by Crippen LogP contribution is 2.08. The summed E-state index contributed by atoms with van der Waals surface area (Å²) in [6, 6.07) is 4.34. The summed E-state index contributed by atoms with van der Waals surface area (Å²) < 4.78 is 0. The smallest absolute Gasteiger partial charge is 0.328 e. The Kier molecular flexibility index (Phi) is 14.8. The first-order valence-corrected chi connectivity index (χ1v) is 13.5. The van der Waals surface area contributed by atoms with Crippen molar-refractivity contribution >= 4 is 41.4 Å². The number of nitrogens with one attached hydrogen (secondary N) is 3. The van der Waals surface area contributed by atoms with E-state index >= 15 is 0 Å². The third kappa shape index (κ3) is 12.3. The van der Waals surface area contributed by atoms with Crippen LogP contribution < -0.4 is 33.2 Å². The van der Waals surface area contributed by atoms with E-state index in [0.717, 1.165) is 5.56 Å². The molecule has 1 aromatic rings. The molecular formula is C24H39N7O6S. The molecule has 0 fully saturated rings. The van der Waals surface area contributed by atoms with Crippen LogP contribution in [0.3, 0.4) is 0 Å². The summed E-state index contributed by atoms with van der Waals surface area (Å²) in [7, 11) is 0. The number of aliphatic hydroxyl groups is 1. The lowest BCUT2D eigenvalue weighted by Gasteiger charge is -2.26. The van der Waals surface area contributed by atoms with Gasteiger partial charge in [0.05, 0.1) is 12.1 Å². The van der Waals surface area contributed by atoms with Crippen molar-refractivity contribution in [1.29, 1.82) is 0 Å². The lowest BCUT2D eigenvalue weighted by atomic mass is 10.0. The number of hydrogen-bond acceptors (Lipinski definition) is 8. The summed E-state index contributed by atoms with van der Waals surface area (Å²) in [6.45, 7) is 1.54. The van der Waals surface area contributed by atoms with Gasteiger partial charge in [-0.1, -0.05) is 30.3 Å². The zero-order chi connectivity index (χ0) is 28.7. The van der Waals surface area contributed by atoms with Gasteiger partial charge in [-0.25, -0.2) is 4.79 Å². The van der Waals surface area contributed by atoms with Crippen molar-refractivity contribution < 1.29 is 29.4 Å². The molecule has 0 bridgehead atoms. The molecule has 3 amide bonds. The first kappa shape index (κ1) is 32.7. The molecule has 13 nitrogen and oxygen atoms in total. The molecule has 1 aromatic carbocycles. The highest BCUT2D eigenvalue weighted by Gasteiger charge is 2.31. The molecule has 0 aliphatic carbocycles. The fourth-order valence-electron chi connectivity index (χ4n) is 3.41. The highest BCUT2D eigenvalue weighted by atomic mass is 32.2. The van der Waals surface area contributed by atoms with E-state index in [1.54, 1.807) is 24.3 Å². The molecule has 5 atom stereocenters. The van der Waals surface area contributed by atoms with E-state index in [2.05, 4.69) is 20.9 Å². The Bertz CT molecular complexity index is 943. The number of amides is 3. The Morgan fingerprint density at radius 1 is 0.974 bits per heavy atom. The Labute approximate surface area is 226 Å². The molecule has 0 aliphatic heterocycles. The summed E-state index contributed by atoms with van der Waals surface area (Å²) in [6.07, 6.45) is 1.51. The van der Waals surface area contributed by atoms with Gasteiger partial charge in [0.25, 0.3) is 0 Å². The first-order chi connectivity index (χ1) is 18.0. The fraction of sp³-hybridized carbons (Fsp3) is 0.542. The molecule has 5 unspecified atom stereocenters. The lowest BCUT2D eigenvalue weighted by Crippen LogP contribution is -2.58. The molecular weight excluding hydrogens is 514 g/mol. The van der Waals surface area contributed by atoms with Crippen molar-refractivity contribution in [2.24, 2.45) is 22.2 Å². The second-order valence-electron chi connectivity index (χ2n) is 8.71. The van der Waals surface area contributed by atoms with Crippen molar-refractivity contribution in [3.05, 3.63) is 35.9 Å². The van der Waals surface area contributed by atoms with Crippen molar-refractivity contribution in [2.45, 2.75) is 62.9 Å². The number of benzene rings is 1. The number of hydrogen-bond donors (Lipinski definition) is 8. The minimum Gasteiger partial charge on any atom is -0.480 e. The van der Waals surface area contributed by atoms with E-state index in [9.17, 15) is 29.4 Å². The SMILES string of the molecule is CSCCC(NC(=O)C(Cc1ccccc1)NC(=O)C(N)CCCN=C(N)N)C(=O)NC(C(=O)O)C(C)O. The van der Waals surface area contributed by atoms with Crippen LogP contribution in [0.2, 0.25) is 0 Å². The molecule has 0 saturated carbocycles. The average Bonchev–Trinajstić information content (AvgIpc) is 2.86. The standard InChI is InChI=1S/C24H39N7O6S/c1-14(32)19(23(36)37)31-21(34)17(10-12-38-2)29-22(35)18(13-15-7-4-3-5-8-15)30-20(33)16(25)9-6-11-28-24(26)27/h3-5,7-8,14,16-19,32H,6,9-13,25H2,1-2H3,(H,29,35)(H,30,33)(H,31,34)(H,36,37)(H4,26,27,28). The van der Waals surface area contributed by atoms with Crippen LogP contribution in [-0.2, 0) is 25.6 Å². The monoisotopic (exact) mass is 553 g/mol. The molecule has 11 N–H and O–H groups in total. The summed E-state index contributed by atoms with van der Waals surface area (Å²) in [5.74, 6) is -2.95. The Hall–Kier alpha value is -3.36. The van der Waals surface area contributed by atoms with Crippen LogP contribution in [0.5, 0.6) is 0 Å². The number of guanidine groups is 1. The van der Waals surface area contributed by atoms with Gasteiger partial charge in [0.1, 0.15) is 12.1 Å². The molecule has 0 spiro atoms. The van der Waals surface area contributed by atoms with Gasteiger partial charge in [-0.2, -0.15) is 11.8 Å². The average molecular weight is 554 g/mol. The molecule has 0 aliphatic rings. The molecule has 0 aromatic heterocycles. The maximum Gasteiger partial charge on any atom is 0.328 e. The number of carboxylic acids is 1. The van der Waals surface area contributed by atoms with Gasteiger partial charge in [-0.15, -0.1) is 0 Å². The summed E-state index contributed by atoms with van der Waals surface area (Å²) in [5, 5.41) is 26.6. The largest absolute Gasteiger partial charge is 0.480 e. The van der Waals surface area contributed by atoms with Gasteiger partial charge in [-0.05, 0) is 43.8 Å². The van der Waals surface area contributed by atoms with Gasteiger partial charge in [0, 0.05) is 13.0 Å². The number of nitrogens with two attached hydrogens (primary N) is 3. The number of aliphatic carboxylic acids is 1. The maximum absolute atomic E-state index is 13.3. The second kappa shape index (κ2) is 17.2. The van der Waals surface area contributed by atoms with Crippen LogP contribution in [0.4, 0.5) is 0 Å². The zero-order valence-electron chi connectivity index (χ0n) is 21.6. The third-order valence-electron chi connectivity index (χ3n) is 5.51. The lowest BCUT2D eigenvalue weighted by molar-refractivity contribution is -0.145. The van der Waals surface area contributed by atoms with Crippen LogP contribution in [0.1, 0.15) is 31.7 Å². The number of aliphatic hydroxyl groups excluding tert-OH is 1. The number of aliphatic imine (C=N–C) groups is 1. The molecule has 0 heterocycles. The minimum atomic E-state index is -1.55. The van der Waals surface area contributed by atoms with E-state index in [1.165, 1.54) is 18.7 Å². The summed E-state index contributed by atoms with van der Waals surface area (Å²) in [5.41, 5.74) is 17.3. The quantitative estimate of drug-likeness (QED) is 0.0617. The van der Waals surface area contributed by atoms with Crippen LogP contribution >= 0.6 is 11.8 Å². The van der Waals surface area contributed by atoms with Crippen molar-refractivity contribution in [1.82, 2.24) is 16.0 Å². The molecule has 0 radical (unpaired) electrons. The fourth-order valence-corrected chi connectivity index (χ4v) is 3.88. The number of carbonyl (C=O) groups is 4. The van der Waals surface area contributed by atoms with Crippen LogP contribution in [0.25, 0.3) is 0 Å². The predicted octanol–water partition coefficient (Wildman–Crippen LogP) is -1.72. The van der Waals surface area contributed by atoms with Crippen molar-refractivity contribution in [2.75, 3.05) is 18.6 Å². The van der Waals surface area contributed by atoms with Crippen molar-refractivity contribution in [3.63, 3.8) is 0 Å². The number of thioether (sulfide) groups is 1. The number of carboxylic acid groups (broad SMARTS) is 1. The topological polar surface area (TPSA) is 235 Å². The van der Waals surface area contributed by atoms with E-state index in [0.29, 0.717) is 18.7 Å². The maximum atomic E-state index is 13.3. The Morgan fingerprint density at radius 3 is 2.13 bits per heavy atom. The molecule has 1 rings (SSSR count). The van der Waals surface area contributed by atoms with E-state index in [-0.39, 0.29) is 25.2 Å². The highest BCUT2D eigenvalue weighted by molar-refractivity contribution is 7.98. The second-order valence-corrected chi connectivity index (χ2v) is 9.70. The van der Waals surface area contributed by atoms with E-state index in [4.69, 9.17) is 17.2 Å². The zero-order valence-corrected chi connectivity index (χ0v) is 22.4. The molecule has 212 valence electrons. The first-order valence-electron chi connectivity index (χ1n) is 12.1. The van der Waals surface area contributed by atoms with Gasteiger partial charge in [0.15, 0.2) is 12.0 Å². The predicted molar refractivity (Wildman–Crippen MR) is 146 cm³/mol. The number of rotatable bonds is 17. The Morgan fingerprint density at radius 2 is 1.58 bits per heavy atom. The molecule has 38 heavy (non-hydrogen) atoms. The summed E-state index contributed by atoms with van der Waals surface area (Å²) >= 11 is 1.43. The number of carbonyl (C=O) groups excluding carboxylic acids is 3. The van der Waals surface area contributed by atoms with Crippen LogP contribution in [0.15, 0.2) is 35.3 Å². The molecule has 0 saturated heterocycles. The normalized spacial score (nSPS) is 14.7. The molecule has 14 heteroatoms. The van der Waals surface area contributed by atoms with Crippen LogP contribution in [-0.4, -0.2) is 88.7 Å². The summed E-state index contributed by atoms with van der Waals surface area (Å²) in [4.78, 5) is 54.2. The van der Waals surface area contributed by atoms with Crippen LogP contribution in [0, 0.1) is 0 Å². The number of nitrogens with zero attached hydrogens (tertiary/aromatic N) is 1. The van der Waals surface area contributed by atoms with Gasteiger partial charge >= 0.3 is 5.97 Å². The van der Waals surface area contributed by atoms with E-state index in [1.807, 2.05) is 12.3 Å². The van der Waals surface area contributed by atoms with Gasteiger partial charge < -0.3 is 43.4 Å². The third-order valence-corrected chi connectivity index (χ3v) is 6.15. The Balaban J connectivity index is 3.03. The van der Waals surface area contributed by atoms with Gasteiger partial charge in [0.2, 0.25) is 17.7 Å². The van der Waals surface area contributed by atoms with Crippen molar-refractivity contribution in [3.8, 4) is 0 Å². The van der Waals surface area contributed by atoms with Gasteiger partial charge in [-0.3, -0.25) is 19.4 Å².